The zero-order chi connectivity index (χ0) is 20.1. The van der Waals surface area contributed by atoms with Gasteiger partial charge in [0.25, 0.3) is 5.56 Å². The highest BCUT2D eigenvalue weighted by Crippen LogP contribution is 2.25. The molecule has 0 atom stereocenters. The van der Waals surface area contributed by atoms with Crippen molar-refractivity contribution in [2.75, 3.05) is 12.4 Å². The van der Waals surface area contributed by atoms with Crippen LogP contribution in [-0.2, 0) is 17.8 Å². The topological polar surface area (TPSA) is 73.2 Å². The lowest BCUT2D eigenvalue weighted by Gasteiger charge is -2.15. The third-order valence-corrected chi connectivity index (χ3v) is 4.39. The van der Waals surface area contributed by atoms with Crippen molar-refractivity contribution in [3.05, 3.63) is 76.2 Å². The summed E-state index contributed by atoms with van der Waals surface area (Å²) in [4.78, 5) is 30.0. The van der Waals surface area contributed by atoms with Crippen LogP contribution in [0.2, 0.25) is 0 Å². The van der Waals surface area contributed by atoms with Gasteiger partial charge in [-0.2, -0.15) is 0 Å². The molecule has 28 heavy (non-hydrogen) atoms. The van der Waals surface area contributed by atoms with E-state index in [2.05, 4.69) is 10.3 Å². The minimum atomic E-state index is -0.325. The average Bonchev–Trinajstić information content (AvgIpc) is 2.70. The number of nitrogens with zero attached hydrogens (tertiary/aromatic N) is 2. The maximum Gasteiger partial charge on any atom is 0.254 e. The van der Waals surface area contributed by atoms with Crippen molar-refractivity contribution in [1.82, 2.24) is 9.55 Å². The van der Waals surface area contributed by atoms with Crippen LogP contribution in [0.3, 0.4) is 0 Å². The Hall–Kier alpha value is -3.41. The molecule has 0 radical (unpaired) electrons. The Morgan fingerprint density at radius 1 is 1.14 bits per heavy atom. The molecule has 6 heteroatoms. The summed E-state index contributed by atoms with van der Waals surface area (Å²) in [6.07, 6.45) is 0.641. The fourth-order valence-corrected chi connectivity index (χ4v) is 2.95. The molecular weight excluding hydrogens is 354 g/mol. The molecule has 3 rings (SSSR count). The molecule has 144 valence electrons. The molecule has 0 fully saturated rings. The predicted molar refractivity (Wildman–Crippen MR) is 110 cm³/mol. The summed E-state index contributed by atoms with van der Waals surface area (Å²) in [5, 5.41) is 2.83. The Kier molecular flexibility index (Phi) is 5.89. The number of ether oxygens (including phenoxy) is 1. The predicted octanol–water partition coefficient (Wildman–Crippen LogP) is 3.43. The number of aryl methyl sites for hydroxylation is 2. The molecule has 3 aromatic rings. The fraction of sp³-hybridized carbons (Fsp3) is 0.227. The van der Waals surface area contributed by atoms with E-state index in [1.54, 1.807) is 13.2 Å². The number of anilines is 1. The molecule has 6 nitrogen and oxygen atoms in total. The van der Waals surface area contributed by atoms with Crippen molar-refractivity contribution in [2.24, 2.45) is 0 Å². The van der Waals surface area contributed by atoms with Gasteiger partial charge in [0.2, 0.25) is 5.91 Å². The molecule has 2 aromatic carbocycles. The molecular formula is C22H23N3O3. The normalized spacial score (nSPS) is 10.5. The molecule has 0 aliphatic heterocycles. The smallest absolute Gasteiger partial charge is 0.254 e. The fourth-order valence-electron chi connectivity index (χ4n) is 2.95. The van der Waals surface area contributed by atoms with Gasteiger partial charge in [-0.25, -0.2) is 4.98 Å². The number of benzene rings is 2. The average molecular weight is 377 g/mol. The lowest BCUT2D eigenvalue weighted by Crippen LogP contribution is -2.30. The molecule has 1 amide bonds. The Balaban J connectivity index is 1.95. The van der Waals surface area contributed by atoms with Crippen molar-refractivity contribution in [1.29, 1.82) is 0 Å². The van der Waals surface area contributed by atoms with E-state index in [1.807, 2.05) is 56.3 Å². The zero-order valence-corrected chi connectivity index (χ0v) is 16.2. The SMILES string of the molecule is CCc1cc(=O)n(CC(=O)Nc2cc(C)ccc2OC)c(-c2ccccc2)n1. The molecule has 0 saturated carbocycles. The van der Waals surface area contributed by atoms with Gasteiger partial charge in [0.05, 0.1) is 12.8 Å². The highest BCUT2D eigenvalue weighted by molar-refractivity contribution is 5.92. The van der Waals surface area contributed by atoms with Crippen LogP contribution in [0.5, 0.6) is 5.75 Å². The zero-order valence-electron chi connectivity index (χ0n) is 16.2. The molecule has 0 bridgehead atoms. The van der Waals surface area contributed by atoms with E-state index >= 15 is 0 Å². The maximum absolute atomic E-state index is 12.7. The summed E-state index contributed by atoms with van der Waals surface area (Å²) >= 11 is 0. The second-order valence-electron chi connectivity index (χ2n) is 6.47. The van der Waals surface area contributed by atoms with Gasteiger partial charge in [0.1, 0.15) is 18.1 Å². The van der Waals surface area contributed by atoms with Crippen LogP contribution in [0.15, 0.2) is 59.4 Å². The summed E-state index contributed by atoms with van der Waals surface area (Å²) in [5.74, 6) is 0.722. The minimum Gasteiger partial charge on any atom is -0.495 e. The second-order valence-corrected chi connectivity index (χ2v) is 6.47. The van der Waals surface area contributed by atoms with Gasteiger partial charge in [-0.1, -0.05) is 43.3 Å². The molecule has 0 saturated heterocycles. The molecule has 0 unspecified atom stereocenters. The molecule has 0 aliphatic rings. The van der Waals surface area contributed by atoms with Gasteiger partial charge in [0.15, 0.2) is 0 Å². The van der Waals surface area contributed by atoms with Crippen LogP contribution in [0.4, 0.5) is 5.69 Å². The highest BCUT2D eigenvalue weighted by atomic mass is 16.5. The summed E-state index contributed by atoms with van der Waals surface area (Å²) in [6, 6.07) is 16.4. The molecule has 0 spiro atoms. The van der Waals surface area contributed by atoms with Crippen molar-refractivity contribution < 1.29 is 9.53 Å². The number of amides is 1. The van der Waals surface area contributed by atoms with Gasteiger partial charge < -0.3 is 10.1 Å². The molecule has 1 N–H and O–H groups in total. The molecule has 1 aromatic heterocycles. The quantitative estimate of drug-likeness (QED) is 0.714. The summed E-state index contributed by atoms with van der Waals surface area (Å²) in [7, 11) is 1.55. The van der Waals surface area contributed by atoms with E-state index in [0.717, 1.165) is 11.1 Å². The van der Waals surface area contributed by atoms with Crippen molar-refractivity contribution >= 4 is 11.6 Å². The number of carbonyl (C=O) groups excluding carboxylic acids is 1. The Morgan fingerprint density at radius 2 is 1.89 bits per heavy atom. The molecule has 0 aliphatic carbocycles. The summed E-state index contributed by atoms with van der Waals surface area (Å²) < 4.78 is 6.70. The van der Waals surface area contributed by atoms with Crippen LogP contribution in [0.1, 0.15) is 18.2 Å². The maximum atomic E-state index is 12.7. The van der Waals surface area contributed by atoms with E-state index in [-0.39, 0.29) is 18.0 Å². The summed E-state index contributed by atoms with van der Waals surface area (Å²) in [5.41, 5.74) is 2.79. The Bertz CT molecular complexity index is 1040. The van der Waals surface area contributed by atoms with E-state index in [4.69, 9.17) is 4.74 Å². The van der Waals surface area contributed by atoms with Crippen LogP contribution in [0, 0.1) is 6.92 Å². The van der Waals surface area contributed by atoms with Crippen LogP contribution < -0.4 is 15.6 Å². The van der Waals surface area contributed by atoms with Gasteiger partial charge in [-0.3, -0.25) is 14.2 Å². The van der Waals surface area contributed by atoms with E-state index < -0.39 is 0 Å². The Labute approximate surface area is 163 Å². The lowest BCUT2D eigenvalue weighted by atomic mass is 10.2. The first-order valence-corrected chi connectivity index (χ1v) is 9.12. The third kappa shape index (κ3) is 4.28. The highest BCUT2D eigenvalue weighted by Gasteiger charge is 2.15. The summed E-state index contributed by atoms with van der Waals surface area (Å²) in [6.45, 7) is 3.73. The largest absolute Gasteiger partial charge is 0.495 e. The van der Waals surface area contributed by atoms with Crippen molar-refractivity contribution in [2.45, 2.75) is 26.8 Å². The van der Waals surface area contributed by atoms with Crippen molar-refractivity contribution in [3.63, 3.8) is 0 Å². The van der Waals surface area contributed by atoms with Crippen LogP contribution >= 0.6 is 0 Å². The first-order chi connectivity index (χ1) is 13.5. The Morgan fingerprint density at radius 3 is 2.57 bits per heavy atom. The van der Waals surface area contributed by atoms with E-state index in [1.165, 1.54) is 10.6 Å². The van der Waals surface area contributed by atoms with Crippen molar-refractivity contribution in [3.8, 4) is 17.1 Å². The first kappa shape index (κ1) is 19.4. The van der Waals surface area contributed by atoms with Gasteiger partial charge in [-0.05, 0) is 31.0 Å². The number of methoxy groups -OCH3 is 1. The number of hydrogen-bond donors (Lipinski definition) is 1. The second kappa shape index (κ2) is 8.52. The number of carbonyl (C=O) groups is 1. The number of nitrogens with one attached hydrogen (secondary N) is 1. The van der Waals surface area contributed by atoms with Crippen LogP contribution in [0.25, 0.3) is 11.4 Å². The van der Waals surface area contributed by atoms with Crippen LogP contribution in [-0.4, -0.2) is 22.6 Å². The number of hydrogen-bond acceptors (Lipinski definition) is 4. The lowest BCUT2D eigenvalue weighted by molar-refractivity contribution is -0.116. The van der Waals surface area contributed by atoms with Gasteiger partial charge >= 0.3 is 0 Å². The van der Waals surface area contributed by atoms with E-state index in [0.29, 0.717) is 29.4 Å². The third-order valence-electron chi connectivity index (χ3n) is 4.39. The number of rotatable bonds is 6. The number of aromatic nitrogens is 2. The first-order valence-electron chi connectivity index (χ1n) is 9.12. The van der Waals surface area contributed by atoms with Gasteiger partial charge in [-0.15, -0.1) is 0 Å². The molecule has 1 heterocycles. The van der Waals surface area contributed by atoms with Gasteiger partial charge in [0, 0.05) is 17.3 Å². The van der Waals surface area contributed by atoms with E-state index in [9.17, 15) is 9.59 Å². The monoisotopic (exact) mass is 377 g/mol. The minimum absolute atomic E-state index is 0.142. The standard InChI is InChI=1S/C22H23N3O3/c1-4-17-13-21(27)25(22(23-17)16-8-6-5-7-9-16)14-20(26)24-18-12-15(2)10-11-19(18)28-3/h5-13H,4,14H2,1-3H3,(H,24,26).